The van der Waals surface area contributed by atoms with Gasteiger partial charge in [-0.3, -0.25) is 4.79 Å². The molecule has 0 spiro atoms. The molecule has 0 unspecified atom stereocenters. The summed E-state index contributed by atoms with van der Waals surface area (Å²) in [5.41, 5.74) is 3.01. The van der Waals surface area contributed by atoms with Crippen LogP contribution >= 0.6 is 0 Å². The zero-order valence-electron chi connectivity index (χ0n) is 19.5. The molecule has 4 rings (SSSR count). The Hall–Kier alpha value is -3.18. The third-order valence-corrected chi connectivity index (χ3v) is 8.30. The number of aromatic nitrogens is 4. The predicted molar refractivity (Wildman–Crippen MR) is 125 cm³/mol. The van der Waals surface area contributed by atoms with Crippen LogP contribution in [0.1, 0.15) is 35.4 Å². The molecule has 1 fully saturated rings. The number of benzene rings is 2. The fourth-order valence-corrected chi connectivity index (χ4v) is 6.39. The maximum Gasteiger partial charge on any atom is 0.243 e. The van der Waals surface area contributed by atoms with E-state index in [0.29, 0.717) is 29.2 Å². The first-order chi connectivity index (χ1) is 16.1. The van der Waals surface area contributed by atoms with Gasteiger partial charge in [-0.05, 0) is 80.3 Å². The van der Waals surface area contributed by atoms with Crippen LogP contribution in [-0.2, 0) is 14.8 Å². The maximum absolute atomic E-state index is 14.3. The van der Waals surface area contributed by atoms with Gasteiger partial charge in [0, 0.05) is 24.7 Å². The number of halogens is 1. The molecule has 1 aromatic heterocycles. The van der Waals surface area contributed by atoms with Crippen molar-refractivity contribution in [3.8, 4) is 5.69 Å². The van der Waals surface area contributed by atoms with E-state index in [0.717, 1.165) is 16.7 Å². The number of piperidine rings is 1. The zero-order chi connectivity index (χ0) is 24.6. The summed E-state index contributed by atoms with van der Waals surface area (Å²) in [7, 11) is -3.65. The first-order valence-corrected chi connectivity index (χ1v) is 12.5. The summed E-state index contributed by atoms with van der Waals surface area (Å²) in [6.07, 6.45) is 0.796. The number of amides is 1. The van der Waals surface area contributed by atoms with Crippen LogP contribution in [0, 0.1) is 39.4 Å². The summed E-state index contributed by atoms with van der Waals surface area (Å²) >= 11 is 0. The van der Waals surface area contributed by atoms with Crippen molar-refractivity contribution in [2.24, 2.45) is 5.92 Å². The molecule has 2 heterocycles. The minimum Gasteiger partial charge on any atom is -0.326 e. The van der Waals surface area contributed by atoms with E-state index in [2.05, 4.69) is 20.8 Å². The molecule has 9 nitrogen and oxygen atoms in total. The molecular formula is C23H27FN6O3S. The summed E-state index contributed by atoms with van der Waals surface area (Å²) in [5, 5.41) is 13.9. The van der Waals surface area contributed by atoms with E-state index < -0.39 is 15.8 Å². The quantitative estimate of drug-likeness (QED) is 0.594. The van der Waals surface area contributed by atoms with Crippen molar-refractivity contribution in [3.05, 3.63) is 58.7 Å². The third kappa shape index (κ3) is 4.58. The van der Waals surface area contributed by atoms with Gasteiger partial charge in [0.05, 0.1) is 4.90 Å². The van der Waals surface area contributed by atoms with Gasteiger partial charge in [0.1, 0.15) is 11.5 Å². The fourth-order valence-electron chi connectivity index (χ4n) is 4.51. The van der Waals surface area contributed by atoms with Gasteiger partial charge < -0.3 is 5.32 Å². The van der Waals surface area contributed by atoms with Crippen molar-refractivity contribution in [2.45, 2.75) is 45.4 Å². The van der Waals surface area contributed by atoms with Crippen LogP contribution < -0.4 is 5.32 Å². The molecule has 0 aliphatic carbocycles. The van der Waals surface area contributed by atoms with Crippen molar-refractivity contribution >= 4 is 21.6 Å². The number of tetrazole rings is 1. The Balaban J connectivity index is 1.44. The molecule has 0 bridgehead atoms. The van der Waals surface area contributed by atoms with Gasteiger partial charge in [0.15, 0.2) is 5.82 Å². The molecule has 1 amide bonds. The van der Waals surface area contributed by atoms with E-state index in [-0.39, 0.29) is 30.6 Å². The normalized spacial score (nSPS) is 15.4. The van der Waals surface area contributed by atoms with E-state index in [9.17, 15) is 17.6 Å². The van der Waals surface area contributed by atoms with E-state index in [4.69, 9.17) is 0 Å². The van der Waals surface area contributed by atoms with Gasteiger partial charge in [-0.2, -0.15) is 8.99 Å². The molecule has 34 heavy (non-hydrogen) atoms. The first-order valence-electron chi connectivity index (χ1n) is 11.0. The van der Waals surface area contributed by atoms with E-state index in [1.807, 2.05) is 19.1 Å². The highest BCUT2D eigenvalue weighted by atomic mass is 32.2. The summed E-state index contributed by atoms with van der Waals surface area (Å²) in [4.78, 5) is 13.2. The molecule has 0 saturated carbocycles. The third-order valence-electron chi connectivity index (χ3n) is 6.09. The van der Waals surface area contributed by atoms with Gasteiger partial charge in [-0.1, -0.05) is 17.7 Å². The lowest BCUT2D eigenvalue weighted by atomic mass is 9.97. The van der Waals surface area contributed by atoms with Crippen molar-refractivity contribution in [1.82, 2.24) is 24.5 Å². The number of hydrogen-bond acceptors (Lipinski definition) is 6. The highest BCUT2D eigenvalue weighted by Gasteiger charge is 2.33. The molecule has 0 atom stereocenters. The topological polar surface area (TPSA) is 110 Å². The van der Waals surface area contributed by atoms with Gasteiger partial charge in [0.2, 0.25) is 15.9 Å². The largest absolute Gasteiger partial charge is 0.326 e. The second-order valence-corrected chi connectivity index (χ2v) is 10.6. The number of aryl methyl sites for hydroxylation is 4. The summed E-state index contributed by atoms with van der Waals surface area (Å²) < 4.78 is 43.6. The molecule has 1 aliphatic heterocycles. The number of sulfonamides is 1. The summed E-state index contributed by atoms with van der Waals surface area (Å²) in [6, 6.07) is 7.92. The van der Waals surface area contributed by atoms with Gasteiger partial charge in [-0.25, -0.2) is 12.8 Å². The first kappa shape index (κ1) is 24.0. The molecule has 180 valence electrons. The van der Waals surface area contributed by atoms with E-state index in [1.54, 1.807) is 20.8 Å². The van der Waals surface area contributed by atoms with Crippen LogP contribution in [0.4, 0.5) is 10.1 Å². The van der Waals surface area contributed by atoms with Crippen LogP contribution in [0.15, 0.2) is 35.2 Å². The molecule has 1 aliphatic rings. The standard InChI is InChI=1S/C23H27FN6O3S/c1-14-11-15(2)22(16(3)12-14)34(32,33)29-9-7-18(8-10-29)23(31)25-19-5-6-20(24)21(13-19)30-17(4)26-27-28-30/h5-6,11-13,18H,7-10H2,1-4H3,(H,25,31). The van der Waals surface area contributed by atoms with E-state index >= 15 is 0 Å². The maximum atomic E-state index is 14.3. The number of nitrogens with zero attached hydrogens (tertiary/aromatic N) is 5. The number of carbonyl (C=O) groups is 1. The molecule has 0 radical (unpaired) electrons. The molecule has 11 heteroatoms. The average Bonchev–Trinajstić information content (AvgIpc) is 3.20. The van der Waals surface area contributed by atoms with Crippen molar-refractivity contribution in [2.75, 3.05) is 18.4 Å². The number of hydrogen-bond donors (Lipinski definition) is 1. The van der Waals surface area contributed by atoms with Crippen LogP contribution in [0.3, 0.4) is 0 Å². The second-order valence-electron chi connectivity index (χ2n) is 8.70. The van der Waals surface area contributed by atoms with Crippen molar-refractivity contribution < 1.29 is 17.6 Å². The summed E-state index contributed by atoms with van der Waals surface area (Å²) in [6.45, 7) is 7.71. The fraction of sp³-hybridized carbons (Fsp3) is 0.391. The van der Waals surface area contributed by atoms with Gasteiger partial charge in [0.25, 0.3) is 0 Å². The van der Waals surface area contributed by atoms with Crippen LogP contribution in [0.25, 0.3) is 5.69 Å². The monoisotopic (exact) mass is 486 g/mol. The van der Waals surface area contributed by atoms with Crippen molar-refractivity contribution in [3.63, 3.8) is 0 Å². The Morgan fingerprint density at radius 3 is 2.29 bits per heavy atom. The lowest BCUT2D eigenvalue weighted by Crippen LogP contribution is -2.41. The SMILES string of the molecule is Cc1cc(C)c(S(=O)(=O)N2CCC(C(=O)Nc3ccc(F)c(-n4nnnc4C)c3)CC2)c(C)c1. The Bertz CT molecular complexity index is 1320. The Labute approximate surface area is 198 Å². The lowest BCUT2D eigenvalue weighted by molar-refractivity contribution is -0.120. The predicted octanol–water partition coefficient (Wildman–Crippen LogP) is 3.07. The molecule has 1 saturated heterocycles. The minimum atomic E-state index is -3.65. The summed E-state index contributed by atoms with van der Waals surface area (Å²) in [5.74, 6) is -0.690. The molecule has 2 aromatic carbocycles. The number of rotatable bonds is 5. The Morgan fingerprint density at radius 1 is 1.06 bits per heavy atom. The Kier molecular flexibility index (Phi) is 6.50. The minimum absolute atomic E-state index is 0.130. The van der Waals surface area contributed by atoms with Crippen LogP contribution in [0.5, 0.6) is 0 Å². The smallest absolute Gasteiger partial charge is 0.243 e. The van der Waals surface area contributed by atoms with E-state index in [1.165, 1.54) is 27.2 Å². The second kappa shape index (κ2) is 9.22. The Morgan fingerprint density at radius 2 is 1.71 bits per heavy atom. The molecular weight excluding hydrogens is 459 g/mol. The molecule has 1 N–H and O–H groups in total. The average molecular weight is 487 g/mol. The zero-order valence-corrected chi connectivity index (χ0v) is 20.4. The highest BCUT2D eigenvalue weighted by molar-refractivity contribution is 7.89. The van der Waals surface area contributed by atoms with Gasteiger partial charge in [-0.15, -0.1) is 5.10 Å². The van der Waals surface area contributed by atoms with Crippen LogP contribution in [0.2, 0.25) is 0 Å². The van der Waals surface area contributed by atoms with Gasteiger partial charge >= 0.3 is 0 Å². The molecule has 3 aromatic rings. The lowest BCUT2D eigenvalue weighted by Gasteiger charge is -2.31. The highest BCUT2D eigenvalue weighted by Crippen LogP contribution is 2.29. The van der Waals surface area contributed by atoms with Crippen molar-refractivity contribution in [1.29, 1.82) is 0 Å². The number of carbonyl (C=O) groups excluding carboxylic acids is 1. The number of anilines is 1. The number of nitrogens with one attached hydrogen (secondary N) is 1. The van der Waals surface area contributed by atoms with Crippen LogP contribution in [-0.4, -0.2) is 51.9 Å².